The molecule has 3 nitrogen and oxygen atoms in total. The van der Waals surface area contributed by atoms with Crippen LogP contribution >= 0.6 is 0 Å². The Morgan fingerprint density at radius 3 is 2.72 bits per heavy atom. The summed E-state index contributed by atoms with van der Waals surface area (Å²) in [5.41, 5.74) is -0.0857. The van der Waals surface area contributed by atoms with Crippen molar-refractivity contribution in [3.8, 4) is 0 Å². The Hall–Kier alpha value is -1.42. The molecule has 98 valence electrons. The average molecular weight is 251 g/mol. The standard InChI is InChI=1S/C14H18FNO2/c1-10(2)14(18)8-16(9-14)13(17)7-11-4-3-5-12(15)6-11/h3-6,10,18H,7-9H2,1-2H3. The van der Waals surface area contributed by atoms with Gasteiger partial charge in [0.15, 0.2) is 0 Å². The molecule has 1 aromatic carbocycles. The van der Waals surface area contributed by atoms with Crippen molar-refractivity contribution in [2.24, 2.45) is 5.92 Å². The Labute approximate surface area is 106 Å². The van der Waals surface area contributed by atoms with Crippen LogP contribution in [0, 0.1) is 11.7 Å². The van der Waals surface area contributed by atoms with Crippen molar-refractivity contribution in [3.63, 3.8) is 0 Å². The second-order valence-corrected chi connectivity index (χ2v) is 5.31. The Bertz CT molecular complexity index is 453. The maximum atomic E-state index is 13.0. The molecule has 18 heavy (non-hydrogen) atoms. The number of likely N-dealkylation sites (tertiary alicyclic amines) is 1. The zero-order valence-corrected chi connectivity index (χ0v) is 10.7. The summed E-state index contributed by atoms with van der Waals surface area (Å²) in [6, 6.07) is 6.05. The Morgan fingerprint density at radius 2 is 2.17 bits per heavy atom. The molecule has 2 rings (SSSR count). The van der Waals surface area contributed by atoms with Crippen LogP contribution in [0.15, 0.2) is 24.3 Å². The molecule has 1 saturated heterocycles. The van der Waals surface area contributed by atoms with E-state index < -0.39 is 5.60 Å². The van der Waals surface area contributed by atoms with Crippen LogP contribution in [0.5, 0.6) is 0 Å². The van der Waals surface area contributed by atoms with Gasteiger partial charge in [-0.2, -0.15) is 0 Å². The van der Waals surface area contributed by atoms with E-state index in [2.05, 4.69) is 0 Å². The molecule has 0 aliphatic carbocycles. The number of hydrogen-bond acceptors (Lipinski definition) is 2. The molecule has 0 saturated carbocycles. The number of rotatable bonds is 3. The van der Waals surface area contributed by atoms with Gasteiger partial charge in [-0.25, -0.2) is 4.39 Å². The van der Waals surface area contributed by atoms with E-state index in [9.17, 15) is 14.3 Å². The highest BCUT2D eigenvalue weighted by Crippen LogP contribution is 2.28. The van der Waals surface area contributed by atoms with Crippen LogP contribution in [0.4, 0.5) is 4.39 Å². The van der Waals surface area contributed by atoms with Crippen LogP contribution in [0.3, 0.4) is 0 Å². The van der Waals surface area contributed by atoms with Crippen molar-refractivity contribution in [3.05, 3.63) is 35.6 Å². The molecule has 0 radical (unpaired) electrons. The van der Waals surface area contributed by atoms with Gasteiger partial charge in [-0.1, -0.05) is 26.0 Å². The third-order valence-electron chi connectivity index (χ3n) is 3.60. The zero-order chi connectivity index (χ0) is 13.3. The smallest absolute Gasteiger partial charge is 0.227 e. The highest BCUT2D eigenvalue weighted by molar-refractivity contribution is 5.79. The molecule has 1 amide bonds. The topological polar surface area (TPSA) is 40.5 Å². The summed E-state index contributed by atoms with van der Waals surface area (Å²) in [5, 5.41) is 10.1. The number of carbonyl (C=O) groups excluding carboxylic acids is 1. The molecular weight excluding hydrogens is 233 g/mol. The lowest BCUT2D eigenvalue weighted by atomic mass is 9.83. The Kier molecular flexibility index (Phi) is 3.39. The first kappa shape index (κ1) is 13.0. The van der Waals surface area contributed by atoms with Gasteiger partial charge in [-0.3, -0.25) is 4.79 Å². The van der Waals surface area contributed by atoms with E-state index in [1.54, 1.807) is 17.0 Å². The molecule has 1 aromatic rings. The van der Waals surface area contributed by atoms with Gasteiger partial charge in [0.2, 0.25) is 5.91 Å². The average Bonchev–Trinajstić information content (AvgIpc) is 2.24. The van der Waals surface area contributed by atoms with Crippen LogP contribution < -0.4 is 0 Å². The first-order valence-corrected chi connectivity index (χ1v) is 6.15. The van der Waals surface area contributed by atoms with Gasteiger partial charge < -0.3 is 10.0 Å². The van der Waals surface area contributed by atoms with E-state index in [4.69, 9.17) is 0 Å². The summed E-state index contributed by atoms with van der Waals surface area (Å²) in [6.45, 7) is 4.63. The van der Waals surface area contributed by atoms with Crippen molar-refractivity contribution >= 4 is 5.91 Å². The van der Waals surface area contributed by atoms with Crippen molar-refractivity contribution in [1.82, 2.24) is 4.90 Å². The van der Waals surface area contributed by atoms with E-state index in [0.717, 1.165) is 0 Å². The van der Waals surface area contributed by atoms with E-state index in [-0.39, 0.29) is 24.1 Å². The molecule has 1 heterocycles. The minimum absolute atomic E-state index is 0.0640. The molecule has 0 spiro atoms. The van der Waals surface area contributed by atoms with E-state index in [1.807, 2.05) is 13.8 Å². The molecule has 1 aliphatic heterocycles. The SMILES string of the molecule is CC(C)C1(O)CN(C(=O)Cc2cccc(F)c2)C1. The normalized spacial score (nSPS) is 17.7. The molecule has 0 atom stereocenters. The van der Waals surface area contributed by atoms with Gasteiger partial charge in [-0.05, 0) is 23.6 Å². The van der Waals surface area contributed by atoms with Crippen molar-refractivity contribution in [2.45, 2.75) is 25.9 Å². The second kappa shape index (κ2) is 4.69. The number of hydrogen-bond donors (Lipinski definition) is 1. The summed E-state index contributed by atoms with van der Waals surface area (Å²) in [4.78, 5) is 13.5. The Morgan fingerprint density at radius 1 is 1.50 bits per heavy atom. The van der Waals surface area contributed by atoms with Gasteiger partial charge in [0, 0.05) is 0 Å². The van der Waals surface area contributed by atoms with Crippen LogP contribution in [0.25, 0.3) is 0 Å². The van der Waals surface area contributed by atoms with Gasteiger partial charge in [0.1, 0.15) is 11.4 Å². The minimum Gasteiger partial charge on any atom is -0.386 e. The third-order valence-corrected chi connectivity index (χ3v) is 3.60. The maximum Gasteiger partial charge on any atom is 0.227 e. The fraction of sp³-hybridized carbons (Fsp3) is 0.500. The first-order chi connectivity index (χ1) is 8.40. The Balaban J connectivity index is 1.92. The van der Waals surface area contributed by atoms with Crippen LogP contribution in [-0.2, 0) is 11.2 Å². The zero-order valence-electron chi connectivity index (χ0n) is 10.7. The lowest BCUT2D eigenvalue weighted by molar-refractivity contribution is -0.163. The van der Waals surface area contributed by atoms with Crippen LogP contribution in [-0.4, -0.2) is 34.6 Å². The first-order valence-electron chi connectivity index (χ1n) is 6.15. The predicted octanol–water partition coefficient (Wildman–Crippen LogP) is 1.60. The van der Waals surface area contributed by atoms with Crippen molar-refractivity contribution in [2.75, 3.05) is 13.1 Å². The van der Waals surface area contributed by atoms with Gasteiger partial charge in [-0.15, -0.1) is 0 Å². The van der Waals surface area contributed by atoms with E-state index in [1.165, 1.54) is 12.1 Å². The summed E-state index contributed by atoms with van der Waals surface area (Å²) < 4.78 is 13.0. The van der Waals surface area contributed by atoms with Crippen LogP contribution in [0.2, 0.25) is 0 Å². The molecular formula is C14H18FNO2. The fourth-order valence-corrected chi connectivity index (χ4v) is 2.09. The number of aliphatic hydroxyl groups is 1. The van der Waals surface area contributed by atoms with E-state index >= 15 is 0 Å². The summed E-state index contributed by atoms with van der Waals surface area (Å²) >= 11 is 0. The summed E-state index contributed by atoms with van der Waals surface area (Å²) in [7, 11) is 0. The third kappa shape index (κ3) is 2.53. The largest absolute Gasteiger partial charge is 0.386 e. The highest BCUT2D eigenvalue weighted by Gasteiger charge is 2.45. The molecule has 0 bridgehead atoms. The number of amides is 1. The number of carbonyl (C=O) groups is 1. The molecule has 0 aromatic heterocycles. The van der Waals surface area contributed by atoms with E-state index in [0.29, 0.717) is 18.7 Å². The van der Waals surface area contributed by atoms with Crippen molar-refractivity contribution < 1.29 is 14.3 Å². The minimum atomic E-state index is -0.752. The quantitative estimate of drug-likeness (QED) is 0.886. The van der Waals surface area contributed by atoms with Gasteiger partial charge >= 0.3 is 0 Å². The monoisotopic (exact) mass is 251 g/mol. The highest BCUT2D eigenvalue weighted by atomic mass is 19.1. The lowest BCUT2D eigenvalue weighted by Gasteiger charge is -2.49. The molecule has 4 heteroatoms. The fourth-order valence-electron chi connectivity index (χ4n) is 2.09. The van der Waals surface area contributed by atoms with Gasteiger partial charge in [0.25, 0.3) is 0 Å². The number of benzene rings is 1. The number of β-amino-alcohol motifs (C(OH)–C–C–N with tert-alkyl or cyclic N) is 1. The maximum absolute atomic E-state index is 13.0. The second-order valence-electron chi connectivity index (χ2n) is 5.31. The molecule has 1 N–H and O–H groups in total. The number of halogens is 1. The number of nitrogens with zero attached hydrogens (tertiary/aromatic N) is 1. The van der Waals surface area contributed by atoms with Crippen molar-refractivity contribution in [1.29, 1.82) is 0 Å². The predicted molar refractivity (Wildman–Crippen MR) is 66.5 cm³/mol. The summed E-state index contributed by atoms with van der Waals surface area (Å²) in [6.07, 6.45) is 0.186. The molecule has 0 unspecified atom stereocenters. The van der Waals surface area contributed by atoms with Gasteiger partial charge in [0.05, 0.1) is 19.5 Å². The van der Waals surface area contributed by atoms with Crippen LogP contribution in [0.1, 0.15) is 19.4 Å². The lowest BCUT2D eigenvalue weighted by Crippen LogP contribution is -2.66. The molecule has 1 fully saturated rings. The molecule has 1 aliphatic rings. The summed E-state index contributed by atoms with van der Waals surface area (Å²) in [5.74, 6) is -0.260.